The number of aryl methyl sites for hydroxylation is 1. The van der Waals surface area contributed by atoms with E-state index in [4.69, 9.17) is 0 Å². The zero-order valence-electron chi connectivity index (χ0n) is 11.1. The lowest BCUT2D eigenvalue weighted by Crippen LogP contribution is -2.26. The summed E-state index contributed by atoms with van der Waals surface area (Å²) in [6.07, 6.45) is 0.179. The van der Waals surface area contributed by atoms with E-state index in [0.29, 0.717) is 19.5 Å². The summed E-state index contributed by atoms with van der Waals surface area (Å²) in [7, 11) is 1.78. The van der Waals surface area contributed by atoms with Crippen LogP contribution in [0.2, 0.25) is 0 Å². The average molecular weight is 277 g/mol. The van der Waals surface area contributed by atoms with E-state index in [2.05, 4.69) is 20.4 Å². The van der Waals surface area contributed by atoms with Crippen molar-refractivity contribution >= 4 is 0 Å². The van der Waals surface area contributed by atoms with E-state index in [1.54, 1.807) is 17.8 Å². The third-order valence-corrected chi connectivity index (χ3v) is 3.67. The fourth-order valence-corrected chi connectivity index (χ4v) is 2.68. The summed E-state index contributed by atoms with van der Waals surface area (Å²) in [5.74, 6) is 0.463. The van der Waals surface area contributed by atoms with Gasteiger partial charge in [0.25, 0.3) is 0 Å². The predicted molar refractivity (Wildman–Crippen MR) is 69.0 cm³/mol. The van der Waals surface area contributed by atoms with Gasteiger partial charge in [-0.05, 0) is 34.5 Å². The Labute approximate surface area is 115 Å². The summed E-state index contributed by atoms with van der Waals surface area (Å²) >= 11 is 0. The Morgan fingerprint density at radius 2 is 2.30 bits per heavy atom. The molecule has 0 radical (unpaired) electrons. The normalized spacial score (nSPS) is 23.4. The van der Waals surface area contributed by atoms with Gasteiger partial charge in [0.05, 0.1) is 12.6 Å². The summed E-state index contributed by atoms with van der Waals surface area (Å²) in [6, 6.07) is 6.50. The van der Waals surface area contributed by atoms with Crippen LogP contribution in [0.3, 0.4) is 0 Å². The second kappa shape index (κ2) is 5.26. The molecule has 7 heteroatoms. The molecule has 2 heterocycles. The summed E-state index contributed by atoms with van der Waals surface area (Å²) in [6.45, 7) is 1.07. The van der Waals surface area contributed by atoms with Gasteiger partial charge in [-0.15, -0.1) is 5.10 Å². The largest absolute Gasteiger partial charge is 0.392 e. The van der Waals surface area contributed by atoms with Gasteiger partial charge in [0.15, 0.2) is 5.82 Å². The summed E-state index contributed by atoms with van der Waals surface area (Å²) in [4.78, 5) is 2.07. The molecule has 2 aromatic rings. The molecular formula is C13H16FN5O. The highest BCUT2D eigenvalue weighted by molar-refractivity contribution is 5.21. The molecule has 1 aromatic carbocycles. The Morgan fingerprint density at radius 1 is 1.45 bits per heavy atom. The van der Waals surface area contributed by atoms with Gasteiger partial charge in [0.2, 0.25) is 0 Å². The molecule has 1 aromatic heterocycles. The van der Waals surface area contributed by atoms with Crippen molar-refractivity contribution in [2.45, 2.75) is 25.1 Å². The fourth-order valence-electron chi connectivity index (χ4n) is 2.68. The fraction of sp³-hybridized carbons (Fsp3) is 0.462. The Balaban J connectivity index is 1.83. The Hall–Kier alpha value is -1.86. The van der Waals surface area contributed by atoms with E-state index in [-0.39, 0.29) is 11.9 Å². The maximum Gasteiger partial charge on any atom is 0.165 e. The minimum Gasteiger partial charge on any atom is -0.392 e. The number of aliphatic hydroxyl groups is 1. The van der Waals surface area contributed by atoms with Crippen molar-refractivity contribution in [1.82, 2.24) is 25.1 Å². The summed E-state index contributed by atoms with van der Waals surface area (Å²) in [5.41, 5.74) is 0.872. The van der Waals surface area contributed by atoms with Gasteiger partial charge in [-0.25, -0.2) is 9.07 Å². The molecule has 20 heavy (non-hydrogen) atoms. The molecule has 106 valence electrons. The number of benzene rings is 1. The van der Waals surface area contributed by atoms with Crippen LogP contribution in [0.1, 0.15) is 23.9 Å². The van der Waals surface area contributed by atoms with Crippen molar-refractivity contribution < 1.29 is 9.50 Å². The van der Waals surface area contributed by atoms with E-state index >= 15 is 0 Å². The Morgan fingerprint density at radius 3 is 3.00 bits per heavy atom. The maximum atomic E-state index is 13.4. The highest BCUT2D eigenvalue weighted by Gasteiger charge is 2.33. The van der Waals surface area contributed by atoms with Gasteiger partial charge in [-0.3, -0.25) is 4.90 Å². The monoisotopic (exact) mass is 277 g/mol. The molecule has 0 aliphatic carbocycles. The third kappa shape index (κ3) is 2.54. The molecule has 0 saturated carbocycles. The highest BCUT2D eigenvalue weighted by atomic mass is 19.1. The lowest BCUT2D eigenvalue weighted by atomic mass is 10.0. The van der Waals surface area contributed by atoms with E-state index in [1.807, 2.05) is 6.07 Å². The second-order valence-corrected chi connectivity index (χ2v) is 5.11. The number of hydrogen-bond acceptors (Lipinski definition) is 5. The second-order valence-electron chi connectivity index (χ2n) is 5.11. The van der Waals surface area contributed by atoms with Crippen molar-refractivity contribution in [3.05, 3.63) is 41.5 Å². The van der Waals surface area contributed by atoms with Gasteiger partial charge in [0.1, 0.15) is 5.82 Å². The third-order valence-electron chi connectivity index (χ3n) is 3.67. The number of β-amino-alcohol motifs (C(OH)–C–C–N with tert-alkyl or cyclic N) is 1. The minimum atomic E-state index is -0.413. The van der Waals surface area contributed by atoms with Crippen LogP contribution in [0.4, 0.5) is 4.39 Å². The molecule has 1 fully saturated rings. The molecule has 1 aliphatic rings. The lowest BCUT2D eigenvalue weighted by Gasteiger charge is -2.23. The molecule has 0 unspecified atom stereocenters. The number of halogens is 1. The van der Waals surface area contributed by atoms with Gasteiger partial charge in [-0.1, -0.05) is 12.1 Å². The van der Waals surface area contributed by atoms with Crippen LogP contribution in [-0.4, -0.2) is 42.9 Å². The maximum absolute atomic E-state index is 13.4. The van der Waals surface area contributed by atoms with Gasteiger partial charge < -0.3 is 5.11 Å². The van der Waals surface area contributed by atoms with E-state index in [9.17, 15) is 9.50 Å². The first-order valence-corrected chi connectivity index (χ1v) is 6.52. The Bertz CT molecular complexity index is 602. The lowest BCUT2D eigenvalue weighted by molar-refractivity contribution is 0.170. The van der Waals surface area contributed by atoms with E-state index < -0.39 is 6.10 Å². The zero-order chi connectivity index (χ0) is 14.1. The smallest absolute Gasteiger partial charge is 0.165 e. The standard InChI is InChI=1S/C13H16FN5O/c1-18-13(15-16-17-18)8-19-7-11(20)6-12(19)9-3-2-4-10(14)5-9/h2-5,11-12,20H,6-8H2,1H3/t11-,12-/m1/s1. The topological polar surface area (TPSA) is 67.1 Å². The number of hydrogen-bond donors (Lipinski definition) is 1. The number of tetrazole rings is 1. The van der Waals surface area contributed by atoms with Crippen LogP contribution in [0.15, 0.2) is 24.3 Å². The zero-order valence-corrected chi connectivity index (χ0v) is 11.1. The molecule has 1 N–H and O–H groups in total. The van der Waals surface area contributed by atoms with Crippen LogP contribution >= 0.6 is 0 Å². The van der Waals surface area contributed by atoms with Crippen molar-refractivity contribution in [2.75, 3.05) is 6.54 Å². The highest BCUT2D eigenvalue weighted by Crippen LogP contribution is 2.33. The first-order valence-electron chi connectivity index (χ1n) is 6.52. The summed E-state index contributed by atoms with van der Waals surface area (Å²) < 4.78 is 15.0. The van der Waals surface area contributed by atoms with Gasteiger partial charge in [0, 0.05) is 19.6 Å². The SMILES string of the molecule is Cn1nnnc1CN1C[C@H](O)C[C@@H]1c1cccc(F)c1. The molecule has 2 atom stereocenters. The van der Waals surface area contributed by atoms with Crippen molar-refractivity contribution in [1.29, 1.82) is 0 Å². The molecular weight excluding hydrogens is 261 g/mol. The molecule has 1 saturated heterocycles. The average Bonchev–Trinajstić information content (AvgIpc) is 2.97. The number of aromatic nitrogens is 4. The molecule has 0 amide bonds. The van der Waals surface area contributed by atoms with E-state index in [1.165, 1.54) is 12.1 Å². The van der Waals surface area contributed by atoms with Crippen molar-refractivity contribution in [3.63, 3.8) is 0 Å². The number of nitrogens with zero attached hydrogens (tertiary/aromatic N) is 5. The van der Waals surface area contributed by atoms with Crippen LogP contribution in [0, 0.1) is 5.82 Å². The molecule has 0 spiro atoms. The quantitative estimate of drug-likeness (QED) is 0.892. The number of likely N-dealkylation sites (tertiary alicyclic amines) is 1. The number of aliphatic hydroxyl groups excluding tert-OH is 1. The molecule has 1 aliphatic heterocycles. The predicted octanol–water partition coefficient (Wildman–Crippen LogP) is 0.657. The molecule has 0 bridgehead atoms. The van der Waals surface area contributed by atoms with Crippen LogP contribution < -0.4 is 0 Å². The van der Waals surface area contributed by atoms with E-state index in [0.717, 1.165) is 11.4 Å². The first kappa shape index (κ1) is 13.1. The van der Waals surface area contributed by atoms with Crippen molar-refractivity contribution in [2.24, 2.45) is 7.05 Å². The van der Waals surface area contributed by atoms with Crippen LogP contribution in [0.25, 0.3) is 0 Å². The first-order chi connectivity index (χ1) is 9.63. The van der Waals surface area contributed by atoms with Gasteiger partial charge in [-0.2, -0.15) is 0 Å². The molecule has 3 rings (SSSR count). The van der Waals surface area contributed by atoms with Crippen molar-refractivity contribution in [3.8, 4) is 0 Å². The summed E-state index contributed by atoms with van der Waals surface area (Å²) in [5, 5.41) is 21.3. The minimum absolute atomic E-state index is 0.0163. The Kier molecular flexibility index (Phi) is 3.45. The van der Waals surface area contributed by atoms with Crippen LogP contribution in [0.5, 0.6) is 0 Å². The molecule has 6 nitrogen and oxygen atoms in total. The van der Waals surface area contributed by atoms with Crippen LogP contribution in [-0.2, 0) is 13.6 Å². The number of rotatable bonds is 3. The van der Waals surface area contributed by atoms with Gasteiger partial charge >= 0.3 is 0 Å².